The van der Waals surface area contributed by atoms with Crippen LogP contribution >= 0.6 is 0 Å². The summed E-state index contributed by atoms with van der Waals surface area (Å²) in [5.41, 5.74) is 11.2. The zero-order valence-corrected chi connectivity index (χ0v) is 34.8. The normalized spacial score (nSPS) is 14.7. The summed E-state index contributed by atoms with van der Waals surface area (Å²) >= 11 is 0. The molecule has 0 aromatic heterocycles. The van der Waals surface area contributed by atoms with E-state index < -0.39 is 0 Å². The molecule has 0 aliphatic carbocycles. The maximum Gasteiger partial charge on any atom is 0.159 e. The fraction of sp³-hybridized carbons (Fsp3) is 0.0508. The number of nitrogens with zero attached hydrogens (tertiary/aromatic N) is 2. The van der Waals surface area contributed by atoms with Crippen LogP contribution in [0.25, 0.3) is 77.1 Å². The minimum Gasteiger partial charge on any atom is -0.381 e. The Morgan fingerprint density at radius 1 is 0.460 bits per heavy atom. The van der Waals surface area contributed by atoms with E-state index in [0.717, 1.165) is 51.1 Å². The van der Waals surface area contributed by atoms with Gasteiger partial charge in [-0.25, -0.2) is 9.98 Å². The summed E-state index contributed by atoms with van der Waals surface area (Å²) in [6, 6.07) is 72.3. The van der Waals surface area contributed by atoms with Crippen molar-refractivity contribution in [3.63, 3.8) is 0 Å². The van der Waals surface area contributed by atoms with Crippen molar-refractivity contribution in [2.45, 2.75) is 13.1 Å². The summed E-state index contributed by atoms with van der Waals surface area (Å²) in [6.07, 6.45) is 1.88. The summed E-state index contributed by atoms with van der Waals surface area (Å²) in [6.45, 7) is 3.03. The highest BCUT2D eigenvalue weighted by Gasteiger charge is 2.25. The molecule has 1 unspecified atom stereocenters. The molecule has 0 bridgehead atoms. The highest BCUT2D eigenvalue weighted by molar-refractivity contribution is 6.19. The first kappa shape index (κ1) is 36.7. The van der Waals surface area contributed by atoms with Crippen LogP contribution in [0.4, 0.5) is 0 Å². The van der Waals surface area contributed by atoms with E-state index in [2.05, 4.69) is 224 Å². The van der Waals surface area contributed by atoms with E-state index in [4.69, 9.17) is 9.98 Å². The van der Waals surface area contributed by atoms with Crippen LogP contribution in [0.1, 0.15) is 34.0 Å². The lowest BCUT2D eigenvalue weighted by Crippen LogP contribution is -2.37. The first-order valence-corrected chi connectivity index (χ1v) is 21.7. The molecule has 0 fully saturated rings. The van der Waals surface area contributed by atoms with Crippen molar-refractivity contribution >= 4 is 66.5 Å². The zero-order chi connectivity index (χ0) is 41.9. The second kappa shape index (κ2) is 15.1. The van der Waals surface area contributed by atoms with Crippen LogP contribution in [-0.2, 0) is 0 Å². The number of fused-ring (bicyclic) bond motifs is 6. The number of hydrogen-bond acceptors (Lipinski definition) is 4. The molecule has 12 rings (SSSR count). The van der Waals surface area contributed by atoms with E-state index in [0.29, 0.717) is 5.84 Å². The first-order valence-electron chi connectivity index (χ1n) is 21.7. The number of rotatable bonds is 6. The smallest absolute Gasteiger partial charge is 0.159 e. The first-order chi connectivity index (χ1) is 31.1. The molecular formula is C59H42N4. The lowest BCUT2D eigenvalue weighted by atomic mass is 9.89. The van der Waals surface area contributed by atoms with Crippen molar-refractivity contribution in [3.8, 4) is 22.3 Å². The molecule has 2 aliphatic rings. The Labute approximate surface area is 365 Å². The fourth-order valence-electron chi connectivity index (χ4n) is 9.79. The van der Waals surface area contributed by atoms with Gasteiger partial charge in [-0.3, -0.25) is 0 Å². The van der Waals surface area contributed by atoms with E-state index in [9.17, 15) is 0 Å². The molecule has 2 N–H and O–H groups in total. The molecule has 10 aromatic carbocycles. The molecule has 298 valence electrons. The predicted molar refractivity (Wildman–Crippen MR) is 265 cm³/mol. The summed E-state index contributed by atoms with van der Waals surface area (Å²) in [5.74, 6) is 1.48. The molecule has 1 atom stereocenters. The van der Waals surface area contributed by atoms with Gasteiger partial charge in [0.1, 0.15) is 12.0 Å². The second-order valence-electron chi connectivity index (χ2n) is 16.6. The third kappa shape index (κ3) is 6.47. The predicted octanol–water partition coefficient (Wildman–Crippen LogP) is 12.0. The maximum atomic E-state index is 5.53. The van der Waals surface area contributed by atoms with Crippen molar-refractivity contribution in [3.05, 3.63) is 238 Å². The molecule has 2 heterocycles. The summed E-state index contributed by atoms with van der Waals surface area (Å²) in [7, 11) is 0. The molecule has 4 nitrogen and oxygen atoms in total. The van der Waals surface area contributed by atoms with Crippen molar-refractivity contribution in [2.24, 2.45) is 9.98 Å². The topological polar surface area (TPSA) is 48.8 Å². The van der Waals surface area contributed by atoms with Crippen LogP contribution in [0.2, 0.25) is 0 Å². The maximum absolute atomic E-state index is 5.53. The molecule has 0 saturated heterocycles. The van der Waals surface area contributed by atoms with E-state index >= 15 is 0 Å². The average Bonchev–Trinajstić information content (AvgIpc) is 3.35. The van der Waals surface area contributed by atoms with Gasteiger partial charge in [-0.2, -0.15) is 0 Å². The second-order valence-corrected chi connectivity index (χ2v) is 16.6. The van der Waals surface area contributed by atoms with Gasteiger partial charge in [0.25, 0.3) is 0 Å². The fourth-order valence-corrected chi connectivity index (χ4v) is 9.79. The quantitative estimate of drug-likeness (QED) is 0.164. The van der Waals surface area contributed by atoms with Crippen molar-refractivity contribution in [1.29, 1.82) is 0 Å². The Morgan fingerprint density at radius 3 is 1.95 bits per heavy atom. The SMILES string of the molecule is Cc1cc(-c2cc(C3=NC(c4cccc5ccccc45)NC(c4cccc5ccccc45)=N3)cc(-c3cc4ccccc4c4ccccc34)c2)ccc1C1=c2ccccc2=CCN1. The lowest BCUT2D eigenvalue weighted by Gasteiger charge is -2.25. The van der Waals surface area contributed by atoms with Crippen LogP contribution in [-0.4, -0.2) is 18.2 Å². The van der Waals surface area contributed by atoms with E-state index in [1.54, 1.807) is 0 Å². The Morgan fingerprint density at radius 2 is 1.11 bits per heavy atom. The van der Waals surface area contributed by atoms with Gasteiger partial charge in [-0.05, 0) is 107 Å². The van der Waals surface area contributed by atoms with Crippen molar-refractivity contribution in [2.75, 3.05) is 6.54 Å². The van der Waals surface area contributed by atoms with Crippen LogP contribution < -0.4 is 21.1 Å². The van der Waals surface area contributed by atoms with Crippen molar-refractivity contribution < 1.29 is 0 Å². The van der Waals surface area contributed by atoms with Gasteiger partial charge >= 0.3 is 0 Å². The Bertz CT molecular complexity index is 3680. The summed E-state index contributed by atoms with van der Waals surface area (Å²) in [5, 5.41) is 19.5. The number of aliphatic imine (C=N–C) groups is 2. The van der Waals surface area contributed by atoms with Crippen molar-refractivity contribution in [1.82, 2.24) is 10.6 Å². The molecule has 0 radical (unpaired) electrons. The largest absolute Gasteiger partial charge is 0.381 e. The minimum atomic E-state index is -0.382. The van der Waals surface area contributed by atoms with Crippen LogP contribution in [0.15, 0.2) is 210 Å². The van der Waals surface area contributed by atoms with Gasteiger partial charge in [0.15, 0.2) is 5.84 Å². The third-order valence-corrected chi connectivity index (χ3v) is 12.8. The van der Waals surface area contributed by atoms with Gasteiger partial charge in [0.05, 0.1) is 0 Å². The molecule has 10 aromatic rings. The zero-order valence-electron chi connectivity index (χ0n) is 34.8. The molecule has 4 heteroatoms. The lowest BCUT2D eigenvalue weighted by molar-refractivity contribution is 0.680. The number of amidine groups is 2. The minimum absolute atomic E-state index is 0.382. The Balaban J connectivity index is 1.10. The van der Waals surface area contributed by atoms with E-state index in [-0.39, 0.29) is 6.17 Å². The highest BCUT2D eigenvalue weighted by Crippen LogP contribution is 2.39. The average molecular weight is 807 g/mol. The Kier molecular flexibility index (Phi) is 8.82. The van der Waals surface area contributed by atoms with Gasteiger partial charge < -0.3 is 10.6 Å². The van der Waals surface area contributed by atoms with Crippen LogP contribution in [0, 0.1) is 6.92 Å². The highest BCUT2D eigenvalue weighted by atomic mass is 15.2. The van der Waals surface area contributed by atoms with Gasteiger partial charge in [0.2, 0.25) is 0 Å². The monoisotopic (exact) mass is 806 g/mol. The molecule has 63 heavy (non-hydrogen) atoms. The molecular weight excluding hydrogens is 765 g/mol. The van der Waals surface area contributed by atoms with Crippen LogP contribution in [0.3, 0.4) is 0 Å². The summed E-state index contributed by atoms with van der Waals surface area (Å²) < 4.78 is 0. The molecule has 2 aliphatic heterocycles. The van der Waals surface area contributed by atoms with E-state index in [1.165, 1.54) is 70.5 Å². The number of nitrogens with one attached hydrogen (secondary N) is 2. The number of benzene rings is 10. The third-order valence-electron chi connectivity index (χ3n) is 12.8. The standard InChI is InChI=1S/C59H42N4/c1-37-32-41(28-29-46(37)56-50-23-9-4-16-40(50)30-31-60-56)43-33-44(55-36-42-17-5-8-22-49(42)51-24-10-11-25-52(51)55)35-45(34-43)57-61-58(53-26-12-18-38-14-2-6-20-47(38)53)63-59(62-57)54-27-13-19-39-15-3-7-21-48(39)54/h2-30,32-36,58,60H,31H2,1H3,(H,61,62,63). The number of aryl methyl sites for hydroxylation is 1. The van der Waals surface area contributed by atoms with E-state index in [1.807, 2.05) is 0 Å². The van der Waals surface area contributed by atoms with Gasteiger partial charge in [-0.1, -0.05) is 182 Å². The molecule has 0 saturated carbocycles. The summed E-state index contributed by atoms with van der Waals surface area (Å²) in [4.78, 5) is 11.0. The molecule has 0 spiro atoms. The Hall–Kier alpha value is -8.08. The molecule has 0 amide bonds. The van der Waals surface area contributed by atoms with Crippen LogP contribution in [0.5, 0.6) is 0 Å². The number of hydrogen-bond donors (Lipinski definition) is 2. The van der Waals surface area contributed by atoms with Gasteiger partial charge in [0, 0.05) is 39.7 Å². The van der Waals surface area contributed by atoms with Gasteiger partial charge in [-0.15, -0.1) is 0 Å².